The second kappa shape index (κ2) is 9.16. The van der Waals surface area contributed by atoms with Crippen LogP contribution in [0, 0.1) is 5.82 Å². The standard InChI is InChI=1S/C29H22F3N7O/c30-19-6-17(7-20(40)8-19)22-12-34-13-26-21(22)9-25(35-26)28-27-24(37-38-28)2-1-23(36-27)18-5-16(10-33-11-18)14-39-4-3-29(31,32)15-39/h1-2,5-13,35,40H,3-4,14-15H2,(H,37,38). The van der Waals surface area contributed by atoms with Crippen LogP contribution < -0.4 is 0 Å². The minimum Gasteiger partial charge on any atom is -0.508 e. The number of nitrogens with zero attached hydrogens (tertiary/aromatic N) is 5. The lowest BCUT2D eigenvalue weighted by Crippen LogP contribution is -2.24. The van der Waals surface area contributed by atoms with Crippen molar-refractivity contribution in [3.8, 4) is 39.5 Å². The van der Waals surface area contributed by atoms with Crippen LogP contribution >= 0.6 is 0 Å². The average molecular weight is 542 g/mol. The van der Waals surface area contributed by atoms with Crippen LogP contribution in [0.2, 0.25) is 0 Å². The fourth-order valence-corrected chi connectivity index (χ4v) is 5.30. The molecule has 1 aliphatic heterocycles. The topological polar surface area (TPSA) is 107 Å². The summed E-state index contributed by atoms with van der Waals surface area (Å²) in [5.74, 6) is -3.36. The van der Waals surface area contributed by atoms with E-state index in [1.165, 1.54) is 12.1 Å². The van der Waals surface area contributed by atoms with Crippen molar-refractivity contribution in [1.82, 2.24) is 35.0 Å². The monoisotopic (exact) mass is 541 g/mol. The van der Waals surface area contributed by atoms with E-state index >= 15 is 0 Å². The number of hydrogen-bond donors (Lipinski definition) is 3. The molecule has 1 aliphatic rings. The Bertz CT molecular complexity index is 1880. The van der Waals surface area contributed by atoms with Gasteiger partial charge in [-0.1, -0.05) is 0 Å². The SMILES string of the molecule is Oc1cc(F)cc(-c2cncc3[nH]c(-c4n[nH]c5ccc(-c6cncc(CN7CCC(F)(F)C7)c6)nc45)cc23)c1. The summed E-state index contributed by atoms with van der Waals surface area (Å²) in [6.07, 6.45) is 6.55. The number of halogens is 3. The number of likely N-dealkylation sites (tertiary alicyclic amines) is 1. The van der Waals surface area contributed by atoms with Crippen molar-refractivity contribution in [1.29, 1.82) is 0 Å². The maximum atomic E-state index is 14.0. The molecule has 0 spiro atoms. The number of H-pyrrole nitrogens is 2. The summed E-state index contributed by atoms with van der Waals surface area (Å²) in [5, 5.41) is 18.2. The van der Waals surface area contributed by atoms with Gasteiger partial charge in [0.1, 0.15) is 22.8 Å². The lowest BCUT2D eigenvalue weighted by molar-refractivity contribution is 0.0115. The Balaban J connectivity index is 1.25. The minimum atomic E-state index is -2.65. The number of phenols is 1. The molecule has 1 fully saturated rings. The Kier molecular flexibility index (Phi) is 5.56. The van der Waals surface area contributed by atoms with E-state index in [0.29, 0.717) is 52.3 Å². The normalized spacial score (nSPS) is 15.4. The van der Waals surface area contributed by atoms with Gasteiger partial charge in [-0.2, -0.15) is 5.10 Å². The Labute approximate surface area is 225 Å². The van der Waals surface area contributed by atoms with Gasteiger partial charge in [0.25, 0.3) is 5.92 Å². The third-order valence-electron chi connectivity index (χ3n) is 7.15. The van der Waals surface area contributed by atoms with Crippen molar-refractivity contribution in [3.63, 3.8) is 0 Å². The van der Waals surface area contributed by atoms with Gasteiger partial charge in [-0.05, 0) is 47.5 Å². The first kappa shape index (κ1) is 24.3. The second-order valence-corrected chi connectivity index (χ2v) is 10.1. The molecule has 7 rings (SSSR count). The maximum absolute atomic E-state index is 14.0. The first-order valence-electron chi connectivity index (χ1n) is 12.7. The van der Waals surface area contributed by atoms with Crippen molar-refractivity contribution >= 4 is 21.9 Å². The van der Waals surface area contributed by atoms with Crippen molar-refractivity contribution in [2.75, 3.05) is 13.1 Å². The van der Waals surface area contributed by atoms with Gasteiger partial charge < -0.3 is 10.1 Å². The highest BCUT2D eigenvalue weighted by Gasteiger charge is 2.37. The summed E-state index contributed by atoms with van der Waals surface area (Å²) in [4.78, 5) is 18.5. The molecule has 40 heavy (non-hydrogen) atoms. The molecule has 0 unspecified atom stereocenters. The first-order chi connectivity index (χ1) is 19.3. The number of fused-ring (bicyclic) bond motifs is 2. The van der Waals surface area contributed by atoms with E-state index in [0.717, 1.165) is 28.1 Å². The fraction of sp³-hybridized carbons (Fsp3) is 0.172. The van der Waals surface area contributed by atoms with Crippen LogP contribution in [-0.2, 0) is 6.54 Å². The number of aromatic amines is 2. The predicted molar refractivity (Wildman–Crippen MR) is 144 cm³/mol. The maximum Gasteiger partial charge on any atom is 0.261 e. The molecule has 8 nitrogen and oxygen atoms in total. The van der Waals surface area contributed by atoms with Gasteiger partial charge >= 0.3 is 0 Å². The summed E-state index contributed by atoms with van der Waals surface area (Å²) in [5.41, 5.74) is 6.78. The smallest absolute Gasteiger partial charge is 0.261 e. The number of benzene rings is 1. The Hall–Kier alpha value is -4.77. The molecular formula is C29H22F3N7O. The van der Waals surface area contributed by atoms with E-state index < -0.39 is 11.7 Å². The van der Waals surface area contributed by atoms with Crippen LogP contribution in [0.25, 0.3) is 55.7 Å². The number of rotatable bonds is 5. The molecule has 5 aromatic heterocycles. The van der Waals surface area contributed by atoms with Crippen LogP contribution in [0.15, 0.2) is 67.3 Å². The zero-order chi connectivity index (χ0) is 27.4. The molecule has 200 valence electrons. The van der Waals surface area contributed by atoms with Gasteiger partial charge in [-0.15, -0.1) is 0 Å². The number of pyridine rings is 3. The van der Waals surface area contributed by atoms with Gasteiger partial charge in [0.2, 0.25) is 0 Å². The van der Waals surface area contributed by atoms with Crippen LogP contribution in [-0.4, -0.2) is 59.2 Å². The summed E-state index contributed by atoms with van der Waals surface area (Å²) in [6.45, 7) is 0.494. The molecule has 11 heteroatoms. The number of hydrogen-bond acceptors (Lipinski definition) is 6. The number of aromatic hydroxyl groups is 1. The van der Waals surface area contributed by atoms with E-state index in [2.05, 4.69) is 25.1 Å². The van der Waals surface area contributed by atoms with Gasteiger partial charge in [-0.25, -0.2) is 18.2 Å². The second-order valence-electron chi connectivity index (χ2n) is 10.1. The summed E-state index contributed by atoms with van der Waals surface area (Å²) >= 11 is 0. The van der Waals surface area contributed by atoms with E-state index in [9.17, 15) is 18.3 Å². The lowest BCUT2D eigenvalue weighted by Gasteiger charge is -2.15. The van der Waals surface area contributed by atoms with Crippen LogP contribution in [0.1, 0.15) is 12.0 Å². The van der Waals surface area contributed by atoms with Crippen molar-refractivity contribution in [3.05, 3.63) is 78.6 Å². The molecule has 0 amide bonds. The molecule has 0 bridgehead atoms. The van der Waals surface area contributed by atoms with E-state index in [1.807, 2.05) is 24.3 Å². The van der Waals surface area contributed by atoms with E-state index in [4.69, 9.17) is 4.98 Å². The van der Waals surface area contributed by atoms with E-state index in [1.54, 1.807) is 29.7 Å². The molecular weight excluding hydrogens is 519 g/mol. The van der Waals surface area contributed by atoms with Gasteiger partial charge in [-0.3, -0.25) is 20.0 Å². The van der Waals surface area contributed by atoms with Crippen molar-refractivity contribution in [2.45, 2.75) is 18.9 Å². The van der Waals surface area contributed by atoms with Gasteiger partial charge in [0, 0.05) is 60.7 Å². The highest BCUT2D eigenvalue weighted by Crippen LogP contribution is 2.35. The Morgan fingerprint density at radius 2 is 1.82 bits per heavy atom. The molecule has 0 radical (unpaired) electrons. The molecule has 0 saturated carbocycles. The largest absolute Gasteiger partial charge is 0.508 e. The molecule has 6 aromatic rings. The summed E-state index contributed by atoms with van der Waals surface area (Å²) in [7, 11) is 0. The minimum absolute atomic E-state index is 0.127. The highest BCUT2D eigenvalue weighted by molar-refractivity contribution is 6.00. The zero-order valence-corrected chi connectivity index (χ0v) is 21.0. The van der Waals surface area contributed by atoms with Crippen LogP contribution in [0.5, 0.6) is 5.75 Å². The number of phenolic OH excluding ortho intramolecular Hbond substituents is 1. The zero-order valence-electron chi connectivity index (χ0n) is 21.0. The number of alkyl halides is 2. The van der Waals surface area contributed by atoms with Crippen molar-refractivity contribution < 1.29 is 18.3 Å². The molecule has 6 heterocycles. The molecule has 0 atom stereocenters. The summed E-state index contributed by atoms with van der Waals surface area (Å²) in [6, 6.07) is 11.4. The predicted octanol–water partition coefficient (Wildman–Crippen LogP) is 5.92. The third kappa shape index (κ3) is 4.43. The third-order valence-corrected chi connectivity index (χ3v) is 7.15. The lowest BCUT2D eigenvalue weighted by atomic mass is 10.0. The van der Waals surface area contributed by atoms with Crippen LogP contribution in [0.3, 0.4) is 0 Å². The summed E-state index contributed by atoms with van der Waals surface area (Å²) < 4.78 is 41.3. The molecule has 0 aliphatic carbocycles. The van der Waals surface area contributed by atoms with Gasteiger partial charge in [0.15, 0.2) is 0 Å². The number of nitrogens with one attached hydrogen (secondary N) is 2. The molecule has 1 saturated heterocycles. The van der Waals surface area contributed by atoms with Gasteiger partial charge in [0.05, 0.1) is 35.2 Å². The highest BCUT2D eigenvalue weighted by atomic mass is 19.3. The Morgan fingerprint density at radius 3 is 2.65 bits per heavy atom. The first-order valence-corrected chi connectivity index (χ1v) is 12.7. The van der Waals surface area contributed by atoms with Crippen molar-refractivity contribution in [2.24, 2.45) is 0 Å². The average Bonchev–Trinajstić information content (AvgIpc) is 3.63. The fourth-order valence-electron chi connectivity index (χ4n) is 5.30. The molecule has 3 N–H and O–H groups in total. The Morgan fingerprint density at radius 1 is 0.950 bits per heavy atom. The quantitative estimate of drug-likeness (QED) is 0.250. The van der Waals surface area contributed by atoms with Crippen LogP contribution in [0.4, 0.5) is 13.2 Å². The molecule has 1 aromatic carbocycles. The number of aromatic nitrogens is 6. The van der Waals surface area contributed by atoms with E-state index in [-0.39, 0.29) is 18.7 Å².